The zero-order chi connectivity index (χ0) is 29.8. The lowest BCUT2D eigenvalue weighted by atomic mass is 9.93. The van der Waals surface area contributed by atoms with Gasteiger partial charge in [0.05, 0.1) is 39.5 Å². The number of aromatic nitrogens is 3. The van der Waals surface area contributed by atoms with E-state index in [0.29, 0.717) is 32.1 Å². The van der Waals surface area contributed by atoms with E-state index >= 15 is 0 Å². The molecule has 0 amide bonds. The number of thiazole rings is 1. The Morgan fingerprint density at radius 1 is 1.00 bits per heavy atom. The predicted molar refractivity (Wildman–Crippen MR) is 162 cm³/mol. The van der Waals surface area contributed by atoms with Crippen molar-refractivity contribution in [3.05, 3.63) is 119 Å². The quantitative estimate of drug-likeness (QED) is 0.290. The number of hydrogen-bond donors (Lipinski definition) is 0. The van der Waals surface area contributed by atoms with Gasteiger partial charge in [-0.25, -0.2) is 14.6 Å². The Labute approximate surface area is 248 Å². The lowest BCUT2D eigenvalue weighted by Crippen LogP contribution is -2.40. The Morgan fingerprint density at radius 2 is 1.77 bits per heavy atom. The van der Waals surface area contributed by atoms with Gasteiger partial charge in [-0.1, -0.05) is 53.8 Å². The van der Waals surface area contributed by atoms with Crippen LogP contribution in [0.1, 0.15) is 29.7 Å². The minimum atomic E-state index is -0.834. The van der Waals surface area contributed by atoms with E-state index in [-0.39, 0.29) is 30.2 Å². The zero-order valence-corrected chi connectivity index (χ0v) is 24.4. The molecule has 7 rings (SSSR count). The minimum absolute atomic E-state index is 0.0920. The van der Waals surface area contributed by atoms with E-state index in [2.05, 4.69) is 0 Å². The van der Waals surface area contributed by atoms with Gasteiger partial charge in [0, 0.05) is 19.7 Å². The summed E-state index contributed by atoms with van der Waals surface area (Å²) in [6, 6.07) is 19.6. The summed E-state index contributed by atoms with van der Waals surface area (Å²) in [5.41, 5.74) is 3.95. The molecular weight excluding hydrogens is 568 g/mol. The molecule has 0 fully saturated rings. The number of hydrogen-bond acceptors (Lipinski definition) is 8. The van der Waals surface area contributed by atoms with Gasteiger partial charge in [0.2, 0.25) is 6.79 Å². The van der Waals surface area contributed by atoms with Crippen molar-refractivity contribution < 1.29 is 19.0 Å². The molecule has 0 spiro atoms. The van der Waals surface area contributed by atoms with Crippen molar-refractivity contribution in [3.8, 4) is 11.5 Å². The number of carbonyl (C=O) groups excluding carboxylic acids is 1. The first kappa shape index (κ1) is 26.7. The highest BCUT2D eigenvalue weighted by Gasteiger charge is 2.36. The first-order valence-corrected chi connectivity index (χ1v) is 14.5. The van der Waals surface area contributed by atoms with E-state index in [1.807, 2.05) is 54.6 Å². The monoisotopic (exact) mass is 594 g/mol. The van der Waals surface area contributed by atoms with Crippen LogP contribution in [0, 0.1) is 0 Å². The van der Waals surface area contributed by atoms with E-state index in [1.54, 1.807) is 52.9 Å². The average Bonchev–Trinajstić information content (AvgIpc) is 3.68. The van der Waals surface area contributed by atoms with Crippen molar-refractivity contribution in [2.45, 2.75) is 13.0 Å². The second-order valence-corrected chi connectivity index (χ2v) is 11.2. The molecule has 5 aromatic rings. The molecule has 0 saturated carbocycles. The number of ether oxygens (including phenoxy) is 3. The third-order valence-corrected chi connectivity index (χ3v) is 8.66. The van der Waals surface area contributed by atoms with Gasteiger partial charge in [0.15, 0.2) is 16.3 Å². The van der Waals surface area contributed by atoms with Crippen LogP contribution in [0.4, 0.5) is 0 Å². The van der Waals surface area contributed by atoms with Gasteiger partial charge < -0.3 is 14.2 Å². The molecule has 0 aliphatic carbocycles. The highest BCUT2D eigenvalue weighted by Crippen LogP contribution is 2.40. The van der Waals surface area contributed by atoms with Crippen LogP contribution < -0.4 is 30.1 Å². The number of nitrogens with zero attached hydrogens (tertiary/aromatic N) is 4. The van der Waals surface area contributed by atoms with E-state index in [0.717, 1.165) is 22.2 Å². The molecule has 0 saturated heterocycles. The van der Waals surface area contributed by atoms with E-state index < -0.39 is 12.0 Å². The predicted octanol–water partition coefficient (Wildman–Crippen LogP) is 2.85. The average molecular weight is 595 g/mol. The molecule has 2 aliphatic rings. The lowest BCUT2D eigenvalue weighted by molar-refractivity contribution is -0.138. The van der Waals surface area contributed by atoms with E-state index in [9.17, 15) is 14.4 Å². The maximum absolute atomic E-state index is 14.2. The van der Waals surface area contributed by atoms with E-state index in [4.69, 9.17) is 19.2 Å². The summed E-state index contributed by atoms with van der Waals surface area (Å²) in [6.07, 6.45) is 1.79. The van der Waals surface area contributed by atoms with Crippen molar-refractivity contribution in [3.63, 3.8) is 0 Å². The van der Waals surface area contributed by atoms with Crippen LogP contribution in [0.5, 0.6) is 11.5 Å². The molecule has 11 heteroatoms. The molecule has 2 aromatic heterocycles. The fraction of sp³-hybridized carbons (Fsp3) is 0.188. The Hall–Kier alpha value is -5.16. The van der Waals surface area contributed by atoms with Gasteiger partial charge in [-0.2, -0.15) is 0 Å². The van der Waals surface area contributed by atoms with Crippen molar-refractivity contribution in [2.75, 3.05) is 13.4 Å². The fourth-order valence-electron chi connectivity index (χ4n) is 5.60. The smallest absolute Gasteiger partial charge is 0.338 e. The largest absolute Gasteiger partial charge is 0.463 e. The standard InChI is InChI=1S/C32H26N4O6S/c1-4-40-30(38)26-27(19-8-6-5-7-9-19)33-31-36(28(26)20-11-13-23-24(16-20)42-17-41-23)29(37)25(43-31)15-18-10-12-21-22(14-18)35(3)32(39)34(21)2/h5-16,28H,4,17H2,1-3H3/b25-15-. The van der Waals surface area contributed by atoms with Crippen LogP contribution in [0.15, 0.2) is 86.9 Å². The van der Waals surface area contributed by atoms with Crippen molar-refractivity contribution >= 4 is 40.1 Å². The van der Waals surface area contributed by atoms with Crippen LogP contribution in [0.25, 0.3) is 22.8 Å². The van der Waals surface area contributed by atoms with Gasteiger partial charge in [-0.05, 0) is 48.4 Å². The van der Waals surface area contributed by atoms with Crippen LogP contribution in [0.2, 0.25) is 0 Å². The summed E-state index contributed by atoms with van der Waals surface area (Å²) >= 11 is 1.24. The Morgan fingerprint density at radius 3 is 2.56 bits per heavy atom. The Bertz CT molecular complexity index is 2220. The first-order chi connectivity index (χ1) is 20.9. The van der Waals surface area contributed by atoms with Crippen LogP contribution in [0.3, 0.4) is 0 Å². The van der Waals surface area contributed by atoms with Gasteiger partial charge in [0.25, 0.3) is 5.56 Å². The minimum Gasteiger partial charge on any atom is -0.463 e. The van der Waals surface area contributed by atoms with Gasteiger partial charge in [-0.15, -0.1) is 0 Å². The highest BCUT2D eigenvalue weighted by molar-refractivity contribution is 7.07. The maximum Gasteiger partial charge on any atom is 0.338 e. The highest BCUT2D eigenvalue weighted by atomic mass is 32.1. The molecule has 0 radical (unpaired) electrons. The van der Waals surface area contributed by atoms with Gasteiger partial charge >= 0.3 is 11.7 Å². The molecule has 3 aromatic carbocycles. The molecule has 216 valence electrons. The number of imidazole rings is 1. The molecule has 4 heterocycles. The van der Waals surface area contributed by atoms with Crippen molar-refractivity contribution in [1.82, 2.24) is 13.7 Å². The third kappa shape index (κ3) is 4.31. The van der Waals surface area contributed by atoms with E-state index in [1.165, 1.54) is 11.3 Å². The van der Waals surface area contributed by atoms with Crippen LogP contribution in [-0.2, 0) is 23.6 Å². The summed E-state index contributed by atoms with van der Waals surface area (Å²) in [7, 11) is 3.44. The lowest BCUT2D eigenvalue weighted by Gasteiger charge is -2.26. The SMILES string of the molecule is CCOC(=O)C1=C(c2ccccc2)N=c2s/c(=C\c3ccc4c(c3)n(C)c(=O)n4C)c(=O)n2C1c1ccc2c(c1)OCO2. The Balaban J connectivity index is 1.49. The number of aryl methyl sites for hydroxylation is 2. The molecule has 43 heavy (non-hydrogen) atoms. The summed E-state index contributed by atoms with van der Waals surface area (Å²) < 4.78 is 21.8. The van der Waals surface area contributed by atoms with Crippen LogP contribution in [-0.4, -0.2) is 33.1 Å². The second-order valence-electron chi connectivity index (χ2n) is 10.2. The van der Waals surface area contributed by atoms with Crippen molar-refractivity contribution in [1.29, 1.82) is 0 Å². The molecule has 0 N–H and O–H groups in total. The van der Waals surface area contributed by atoms with Crippen molar-refractivity contribution in [2.24, 2.45) is 19.1 Å². The molecule has 1 unspecified atom stereocenters. The Kier molecular flexibility index (Phi) is 6.39. The molecule has 1 atom stereocenters. The fourth-order valence-corrected chi connectivity index (χ4v) is 6.60. The summed E-state index contributed by atoms with van der Waals surface area (Å²) in [5.74, 6) is 0.562. The van der Waals surface area contributed by atoms with Crippen LogP contribution >= 0.6 is 11.3 Å². The van der Waals surface area contributed by atoms with Gasteiger partial charge in [0.1, 0.15) is 0 Å². The molecule has 10 nitrogen and oxygen atoms in total. The number of carbonyl (C=O) groups is 1. The molecular formula is C32H26N4O6S. The maximum atomic E-state index is 14.2. The number of rotatable bonds is 5. The first-order valence-electron chi connectivity index (χ1n) is 13.7. The summed E-state index contributed by atoms with van der Waals surface area (Å²) in [6.45, 7) is 1.99. The third-order valence-electron chi connectivity index (χ3n) is 7.68. The summed E-state index contributed by atoms with van der Waals surface area (Å²) in [4.78, 5) is 45.6. The molecule has 2 aliphatic heterocycles. The second kappa shape index (κ2) is 10.3. The number of benzene rings is 3. The summed E-state index contributed by atoms with van der Waals surface area (Å²) in [5, 5.41) is 0. The normalized spacial score (nSPS) is 16.0. The number of esters is 1. The zero-order valence-electron chi connectivity index (χ0n) is 23.6. The molecule has 0 bridgehead atoms. The van der Waals surface area contributed by atoms with Gasteiger partial charge in [-0.3, -0.25) is 18.5 Å². The number of fused-ring (bicyclic) bond motifs is 3. The topological polar surface area (TPSA) is 106 Å².